The molecule has 13 heteroatoms. The van der Waals surface area contributed by atoms with Gasteiger partial charge in [-0.15, -0.1) is 0 Å². The zero-order valence-electron chi connectivity index (χ0n) is 21.0. The molecule has 0 aliphatic carbocycles. The number of anilines is 2. The highest BCUT2D eigenvalue weighted by atomic mass is 35.5. The van der Waals surface area contributed by atoms with Gasteiger partial charge in [0.25, 0.3) is 23.4 Å². The maximum absolute atomic E-state index is 13.1. The third-order valence-corrected chi connectivity index (χ3v) is 6.32. The number of halogens is 2. The second-order valence-corrected chi connectivity index (χ2v) is 9.51. The van der Waals surface area contributed by atoms with E-state index in [1.54, 1.807) is 6.07 Å². The van der Waals surface area contributed by atoms with Gasteiger partial charge in [-0.05, 0) is 61.4 Å². The topological polar surface area (TPSA) is 148 Å². The second kappa shape index (κ2) is 11.6. The van der Waals surface area contributed by atoms with Crippen molar-refractivity contribution in [2.45, 2.75) is 13.8 Å². The Balaban J connectivity index is 1.52. The Morgan fingerprint density at radius 2 is 1.70 bits per heavy atom. The number of carbonyl (C=O) groups excluding carboxylic acids is 4. The fourth-order valence-electron chi connectivity index (χ4n) is 3.86. The first-order valence-corrected chi connectivity index (χ1v) is 12.3. The van der Waals surface area contributed by atoms with Gasteiger partial charge in [-0.25, -0.2) is 9.69 Å². The number of nitro benzene ring substituents is 1. The van der Waals surface area contributed by atoms with Gasteiger partial charge in [0.15, 0.2) is 12.4 Å². The van der Waals surface area contributed by atoms with Crippen LogP contribution in [0.5, 0.6) is 5.75 Å². The van der Waals surface area contributed by atoms with Crippen molar-refractivity contribution in [2.24, 2.45) is 0 Å². The van der Waals surface area contributed by atoms with E-state index in [0.29, 0.717) is 10.6 Å². The van der Waals surface area contributed by atoms with E-state index in [1.165, 1.54) is 30.3 Å². The van der Waals surface area contributed by atoms with E-state index >= 15 is 0 Å². The van der Waals surface area contributed by atoms with Crippen LogP contribution in [0.15, 0.2) is 60.2 Å². The van der Waals surface area contributed by atoms with Crippen molar-refractivity contribution in [1.29, 1.82) is 0 Å². The lowest BCUT2D eigenvalue weighted by molar-refractivity contribution is -0.384. The van der Waals surface area contributed by atoms with E-state index in [0.717, 1.165) is 23.3 Å². The first kappa shape index (κ1) is 28.3. The Morgan fingerprint density at radius 1 is 1.05 bits per heavy atom. The highest BCUT2D eigenvalue weighted by molar-refractivity contribution is 6.40. The van der Waals surface area contributed by atoms with Crippen molar-refractivity contribution in [3.63, 3.8) is 0 Å². The molecule has 3 aromatic rings. The maximum Gasteiger partial charge on any atom is 0.335 e. The number of rotatable bonds is 7. The number of hydrogen-bond donors (Lipinski definition) is 2. The van der Waals surface area contributed by atoms with Gasteiger partial charge in [-0.2, -0.15) is 0 Å². The number of barbiturate groups is 1. The molecule has 1 saturated heterocycles. The molecular weight excluding hydrogens is 563 g/mol. The summed E-state index contributed by atoms with van der Waals surface area (Å²) in [5.74, 6) is -2.34. The molecule has 40 heavy (non-hydrogen) atoms. The minimum absolute atomic E-state index is 0.00522. The van der Waals surface area contributed by atoms with Gasteiger partial charge < -0.3 is 10.1 Å². The fourth-order valence-corrected chi connectivity index (χ4v) is 4.47. The SMILES string of the molecule is Cc1ccc(NC(=O)COc2c(Cl)cc(/C=C3/C(=O)NC(=O)N(c4ccc([N+](=O)[O-])cc4)C3=O)cc2Cl)c(C)c1. The molecule has 2 N–H and O–H groups in total. The zero-order chi connectivity index (χ0) is 29.1. The summed E-state index contributed by atoms with van der Waals surface area (Å²) in [5.41, 5.74) is 2.18. The number of nitrogens with one attached hydrogen (secondary N) is 2. The summed E-state index contributed by atoms with van der Waals surface area (Å²) in [6.45, 7) is 3.42. The average Bonchev–Trinajstić information content (AvgIpc) is 2.88. The van der Waals surface area contributed by atoms with Gasteiger partial charge in [0.05, 0.1) is 20.7 Å². The van der Waals surface area contributed by atoms with Crippen LogP contribution in [0.4, 0.5) is 21.9 Å². The van der Waals surface area contributed by atoms with Crippen molar-refractivity contribution in [2.75, 3.05) is 16.8 Å². The zero-order valence-corrected chi connectivity index (χ0v) is 22.5. The molecule has 0 radical (unpaired) electrons. The summed E-state index contributed by atoms with van der Waals surface area (Å²) >= 11 is 12.6. The van der Waals surface area contributed by atoms with E-state index < -0.39 is 34.2 Å². The van der Waals surface area contributed by atoms with Gasteiger partial charge in [0.2, 0.25) is 0 Å². The monoisotopic (exact) mass is 582 g/mol. The molecule has 0 spiro atoms. The minimum atomic E-state index is -1.01. The minimum Gasteiger partial charge on any atom is -0.481 e. The largest absolute Gasteiger partial charge is 0.481 e. The number of carbonyl (C=O) groups is 4. The van der Waals surface area contributed by atoms with Crippen LogP contribution in [-0.2, 0) is 14.4 Å². The summed E-state index contributed by atoms with van der Waals surface area (Å²) in [4.78, 5) is 61.3. The molecule has 4 rings (SSSR count). The smallest absolute Gasteiger partial charge is 0.335 e. The number of amides is 5. The highest BCUT2D eigenvalue weighted by Crippen LogP contribution is 2.35. The van der Waals surface area contributed by atoms with Crippen molar-refractivity contribution >= 4 is 70.1 Å². The number of nitrogens with zero attached hydrogens (tertiary/aromatic N) is 2. The number of urea groups is 1. The first-order chi connectivity index (χ1) is 18.9. The van der Waals surface area contributed by atoms with Gasteiger partial charge in [-0.1, -0.05) is 40.9 Å². The maximum atomic E-state index is 13.1. The van der Waals surface area contributed by atoms with Crippen LogP contribution in [-0.4, -0.2) is 35.3 Å². The molecule has 0 bridgehead atoms. The van der Waals surface area contributed by atoms with E-state index in [1.807, 2.05) is 26.0 Å². The van der Waals surface area contributed by atoms with Crippen LogP contribution >= 0.6 is 23.2 Å². The van der Waals surface area contributed by atoms with E-state index in [4.69, 9.17) is 27.9 Å². The number of benzene rings is 3. The Hall–Kier alpha value is -4.74. The lowest BCUT2D eigenvalue weighted by Gasteiger charge is -2.26. The molecule has 0 aromatic heterocycles. The van der Waals surface area contributed by atoms with Gasteiger partial charge in [-0.3, -0.25) is 29.8 Å². The van der Waals surface area contributed by atoms with Crippen molar-refractivity contribution in [3.05, 3.63) is 97.0 Å². The van der Waals surface area contributed by atoms with Gasteiger partial charge >= 0.3 is 6.03 Å². The van der Waals surface area contributed by atoms with Crippen LogP contribution < -0.4 is 20.3 Å². The van der Waals surface area contributed by atoms with E-state index in [-0.39, 0.29) is 39.3 Å². The molecule has 3 aromatic carbocycles. The van der Waals surface area contributed by atoms with Crippen molar-refractivity contribution < 1.29 is 28.8 Å². The predicted octanol–water partition coefficient (Wildman–Crippen LogP) is 5.20. The molecule has 1 fully saturated rings. The Bertz CT molecular complexity index is 1580. The third kappa shape index (κ3) is 6.11. The molecule has 1 aliphatic rings. The molecule has 11 nitrogen and oxygen atoms in total. The average molecular weight is 583 g/mol. The first-order valence-electron chi connectivity index (χ1n) is 11.6. The second-order valence-electron chi connectivity index (χ2n) is 8.70. The lowest BCUT2D eigenvalue weighted by Crippen LogP contribution is -2.54. The molecule has 0 atom stereocenters. The summed E-state index contributed by atoms with van der Waals surface area (Å²) in [7, 11) is 0. The predicted molar refractivity (Wildman–Crippen MR) is 149 cm³/mol. The molecule has 5 amide bonds. The van der Waals surface area contributed by atoms with Crippen molar-refractivity contribution in [3.8, 4) is 5.75 Å². The lowest BCUT2D eigenvalue weighted by atomic mass is 10.1. The number of hydrogen-bond acceptors (Lipinski definition) is 7. The van der Waals surface area contributed by atoms with Crippen molar-refractivity contribution in [1.82, 2.24) is 5.32 Å². The number of nitro groups is 1. The normalized spacial score (nSPS) is 14.2. The number of aryl methyl sites for hydroxylation is 2. The van der Waals surface area contributed by atoms with Crippen LogP contribution in [0, 0.1) is 24.0 Å². The summed E-state index contributed by atoms with van der Waals surface area (Å²) < 4.78 is 5.52. The Morgan fingerprint density at radius 3 is 2.30 bits per heavy atom. The molecule has 0 saturated carbocycles. The molecule has 1 heterocycles. The highest BCUT2D eigenvalue weighted by Gasteiger charge is 2.37. The van der Waals surface area contributed by atoms with Crippen LogP contribution in [0.2, 0.25) is 10.0 Å². The summed E-state index contributed by atoms with van der Waals surface area (Å²) in [6.07, 6.45) is 1.18. The Kier molecular flexibility index (Phi) is 8.17. The fraction of sp³-hybridized carbons (Fsp3) is 0.111. The quantitative estimate of drug-likeness (QED) is 0.168. The molecule has 204 valence electrons. The van der Waals surface area contributed by atoms with Crippen LogP contribution in [0.3, 0.4) is 0 Å². The standard InChI is InChI=1S/C27H20Cl2N4O7/c1-14-3-8-22(15(2)9-14)30-23(34)13-40-24-20(28)11-16(12-21(24)29)10-19-25(35)31-27(37)32(26(19)36)17-4-6-18(7-5-17)33(38)39/h3-12H,13H2,1-2H3,(H,30,34)(H,31,35,37)/b19-10-. The Labute approximate surface area is 237 Å². The van der Waals surface area contributed by atoms with E-state index in [9.17, 15) is 29.3 Å². The van der Waals surface area contributed by atoms with Gasteiger partial charge in [0.1, 0.15) is 5.57 Å². The van der Waals surface area contributed by atoms with Crippen LogP contribution in [0.1, 0.15) is 16.7 Å². The number of ether oxygens (including phenoxy) is 1. The number of non-ortho nitro benzene ring substituents is 1. The molecule has 0 unspecified atom stereocenters. The molecular formula is C27H20Cl2N4O7. The van der Waals surface area contributed by atoms with Crippen LogP contribution in [0.25, 0.3) is 6.08 Å². The van der Waals surface area contributed by atoms with Gasteiger partial charge in [0, 0.05) is 17.8 Å². The third-order valence-electron chi connectivity index (χ3n) is 5.76. The van der Waals surface area contributed by atoms with E-state index in [2.05, 4.69) is 10.6 Å². The summed E-state index contributed by atoms with van der Waals surface area (Å²) in [6, 6.07) is 11.9. The summed E-state index contributed by atoms with van der Waals surface area (Å²) in [5, 5.41) is 15.7. The number of imide groups is 2. The molecule has 1 aliphatic heterocycles.